The van der Waals surface area contributed by atoms with Gasteiger partial charge in [-0.05, 0) is 44.0 Å². The SMILES string of the molecule is C[C@H](OC(=O)c1ccccc1Oc1ccccc1)C(=O)NC1CCCC1. The van der Waals surface area contributed by atoms with Gasteiger partial charge in [-0.15, -0.1) is 0 Å². The Morgan fingerprint density at radius 3 is 2.38 bits per heavy atom. The molecular formula is C21H23NO4. The monoisotopic (exact) mass is 353 g/mol. The highest BCUT2D eigenvalue weighted by molar-refractivity contribution is 5.94. The summed E-state index contributed by atoms with van der Waals surface area (Å²) >= 11 is 0. The molecule has 0 radical (unpaired) electrons. The molecule has 1 N–H and O–H groups in total. The maximum atomic E-state index is 12.5. The van der Waals surface area contributed by atoms with E-state index in [4.69, 9.17) is 9.47 Å². The summed E-state index contributed by atoms with van der Waals surface area (Å²) in [5, 5.41) is 2.94. The van der Waals surface area contributed by atoms with E-state index in [1.54, 1.807) is 43.3 Å². The van der Waals surface area contributed by atoms with Crippen LogP contribution in [0.5, 0.6) is 11.5 Å². The van der Waals surface area contributed by atoms with Crippen molar-refractivity contribution >= 4 is 11.9 Å². The van der Waals surface area contributed by atoms with Crippen LogP contribution in [0.4, 0.5) is 0 Å². The zero-order valence-corrected chi connectivity index (χ0v) is 14.8. The Balaban J connectivity index is 1.64. The largest absolute Gasteiger partial charge is 0.456 e. The molecule has 26 heavy (non-hydrogen) atoms. The van der Waals surface area contributed by atoms with Gasteiger partial charge in [0.2, 0.25) is 0 Å². The Hall–Kier alpha value is -2.82. The number of hydrogen-bond donors (Lipinski definition) is 1. The van der Waals surface area contributed by atoms with Crippen LogP contribution in [-0.4, -0.2) is 24.0 Å². The van der Waals surface area contributed by atoms with E-state index in [1.165, 1.54) is 0 Å². The van der Waals surface area contributed by atoms with E-state index in [2.05, 4.69) is 5.32 Å². The average Bonchev–Trinajstić information content (AvgIpc) is 3.16. The Labute approximate surface area is 153 Å². The van der Waals surface area contributed by atoms with Gasteiger partial charge in [0.25, 0.3) is 5.91 Å². The molecule has 1 amide bonds. The van der Waals surface area contributed by atoms with Crippen molar-refractivity contribution in [3.05, 3.63) is 60.2 Å². The minimum Gasteiger partial charge on any atom is -0.456 e. The molecule has 0 aromatic heterocycles. The molecule has 1 saturated carbocycles. The van der Waals surface area contributed by atoms with Crippen molar-refractivity contribution in [3.8, 4) is 11.5 Å². The first kappa shape index (κ1) is 18.0. The molecule has 0 bridgehead atoms. The van der Waals surface area contributed by atoms with Gasteiger partial charge < -0.3 is 14.8 Å². The first-order valence-electron chi connectivity index (χ1n) is 8.97. The summed E-state index contributed by atoms with van der Waals surface area (Å²) in [4.78, 5) is 24.7. The molecule has 3 rings (SSSR count). The minimum atomic E-state index is -0.854. The topological polar surface area (TPSA) is 64.6 Å². The molecule has 0 aliphatic heterocycles. The first-order valence-corrected chi connectivity index (χ1v) is 8.97. The predicted molar refractivity (Wildman–Crippen MR) is 98.2 cm³/mol. The maximum absolute atomic E-state index is 12.5. The van der Waals surface area contributed by atoms with Crippen molar-refractivity contribution in [2.75, 3.05) is 0 Å². The number of esters is 1. The summed E-state index contributed by atoms with van der Waals surface area (Å²) in [7, 11) is 0. The van der Waals surface area contributed by atoms with Crippen LogP contribution in [-0.2, 0) is 9.53 Å². The van der Waals surface area contributed by atoms with Crippen LogP contribution in [0, 0.1) is 0 Å². The number of carbonyl (C=O) groups excluding carboxylic acids is 2. The van der Waals surface area contributed by atoms with Gasteiger partial charge in [0.1, 0.15) is 17.1 Å². The number of ether oxygens (including phenoxy) is 2. The number of hydrogen-bond acceptors (Lipinski definition) is 4. The van der Waals surface area contributed by atoms with Gasteiger partial charge >= 0.3 is 5.97 Å². The van der Waals surface area contributed by atoms with Crippen molar-refractivity contribution in [3.63, 3.8) is 0 Å². The van der Waals surface area contributed by atoms with E-state index < -0.39 is 12.1 Å². The number of carbonyl (C=O) groups is 2. The first-order chi connectivity index (χ1) is 12.6. The highest BCUT2D eigenvalue weighted by Gasteiger charge is 2.24. The molecule has 1 fully saturated rings. The second kappa shape index (κ2) is 8.52. The molecule has 1 atom stereocenters. The fraction of sp³-hybridized carbons (Fsp3) is 0.333. The Bertz CT molecular complexity index is 754. The molecule has 136 valence electrons. The van der Waals surface area contributed by atoms with E-state index in [1.807, 2.05) is 18.2 Å². The maximum Gasteiger partial charge on any atom is 0.342 e. The lowest BCUT2D eigenvalue weighted by atomic mass is 10.2. The fourth-order valence-corrected chi connectivity index (χ4v) is 3.01. The van der Waals surface area contributed by atoms with Crippen LogP contribution in [0.25, 0.3) is 0 Å². The standard InChI is InChI=1S/C21H23NO4/c1-15(20(23)22-16-9-5-6-10-16)25-21(24)18-13-7-8-14-19(18)26-17-11-3-2-4-12-17/h2-4,7-8,11-16H,5-6,9-10H2,1H3,(H,22,23)/t15-/m0/s1. The zero-order chi connectivity index (χ0) is 18.4. The number of para-hydroxylation sites is 2. The van der Waals surface area contributed by atoms with E-state index in [0.717, 1.165) is 25.7 Å². The summed E-state index contributed by atoms with van der Waals surface area (Å²) in [6, 6.07) is 16.2. The molecule has 2 aromatic carbocycles. The van der Waals surface area contributed by atoms with Gasteiger partial charge in [-0.25, -0.2) is 4.79 Å². The zero-order valence-electron chi connectivity index (χ0n) is 14.8. The van der Waals surface area contributed by atoms with E-state index in [9.17, 15) is 9.59 Å². The molecule has 0 spiro atoms. The number of amides is 1. The minimum absolute atomic E-state index is 0.192. The summed E-state index contributed by atoms with van der Waals surface area (Å²) in [6.45, 7) is 1.59. The molecule has 1 aliphatic rings. The number of rotatable bonds is 6. The van der Waals surface area contributed by atoms with Crippen LogP contribution in [0.2, 0.25) is 0 Å². The summed E-state index contributed by atoms with van der Waals surface area (Å²) in [5.41, 5.74) is 0.289. The van der Waals surface area contributed by atoms with Gasteiger partial charge in [-0.1, -0.05) is 43.2 Å². The smallest absolute Gasteiger partial charge is 0.342 e. The van der Waals surface area contributed by atoms with Crippen molar-refractivity contribution < 1.29 is 19.1 Å². The molecule has 0 unspecified atom stereocenters. The Kier molecular flexibility index (Phi) is 5.89. The second-order valence-corrected chi connectivity index (χ2v) is 6.45. The van der Waals surface area contributed by atoms with Gasteiger partial charge in [-0.2, -0.15) is 0 Å². The number of nitrogens with one attached hydrogen (secondary N) is 1. The van der Waals surface area contributed by atoms with Gasteiger partial charge in [0, 0.05) is 6.04 Å². The lowest BCUT2D eigenvalue weighted by Crippen LogP contribution is -2.40. The van der Waals surface area contributed by atoms with Gasteiger partial charge in [0.05, 0.1) is 0 Å². The quantitative estimate of drug-likeness (QED) is 0.795. The van der Waals surface area contributed by atoms with Crippen molar-refractivity contribution in [2.45, 2.75) is 44.8 Å². The van der Waals surface area contributed by atoms with Crippen LogP contribution >= 0.6 is 0 Å². The summed E-state index contributed by atoms with van der Waals surface area (Å²) < 4.78 is 11.1. The lowest BCUT2D eigenvalue weighted by Gasteiger charge is -2.18. The van der Waals surface area contributed by atoms with Crippen LogP contribution in [0.3, 0.4) is 0 Å². The third kappa shape index (κ3) is 4.63. The van der Waals surface area contributed by atoms with E-state index in [0.29, 0.717) is 11.5 Å². The lowest BCUT2D eigenvalue weighted by molar-refractivity contribution is -0.129. The predicted octanol–water partition coefficient (Wildman–Crippen LogP) is 4.08. The van der Waals surface area contributed by atoms with E-state index >= 15 is 0 Å². The third-order valence-corrected chi connectivity index (χ3v) is 4.43. The van der Waals surface area contributed by atoms with Gasteiger partial charge in [0.15, 0.2) is 6.10 Å². The third-order valence-electron chi connectivity index (χ3n) is 4.43. The Morgan fingerprint density at radius 2 is 1.65 bits per heavy atom. The average molecular weight is 353 g/mol. The molecule has 5 heteroatoms. The molecule has 0 heterocycles. The summed E-state index contributed by atoms with van der Waals surface area (Å²) in [6.07, 6.45) is 3.38. The van der Waals surface area contributed by atoms with Crippen LogP contribution < -0.4 is 10.1 Å². The normalized spacial score (nSPS) is 15.3. The Morgan fingerprint density at radius 1 is 1.00 bits per heavy atom. The fourth-order valence-electron chi connectivity index (χ4n) is 3.01. The molecule has 1 aliphatic carbocycles. The second-order valence-electron chi connectivity index (χ2n) is 6.45. The highest BCUT2D eigenvalue weighted by Crippen LogP contribution is 2.26. The molecule has 2 aromatic rings. The highest BCUT2D eigenvalue weighted by atomic mass is 16.5. The molecule has 5 nitrogen and oxygen atoms in total. The van der Waals surface area contributed by atoms with Gasteiger partial charge in [-0.3, -0.25) is 4.79 Å². The van der Waals surface area contributed by atoms with Crippen LogP contribution in [0.15, 0.2) is 54.6 Å². The van der Waals surface area contributed by atoms with Crippen molar-refractivity contribution in [1.29, 1.82) is 0 Å². The molecular weight excluding hydrogens is 330 g/mol. The summed E-state index contributed by atoms with van der Waals surface area (Å²) in [5.74, 6) is 0.184. The number of benzene rings is 2. The van der Waals surface area contributed by atoms with E-state index in [-0.39, 0.29) is 17.5 Å². The van der Waals surface area contributed by atoms with Crippen molar-refractivity contribution in [2.24, 2.45) is 0 Å². The van der Waals surface area contributed by atoms with Crippen LogP contribution in [0.1, 0.15) is 43.0 Å². The molecule has 0 saturated heterocycles. The van der Waals surface area contributed by atoms with Crippen molar-refractivity contribution in [1.82, 2.24) is 5.32 Å².